The maximum absolute atomic E-state index is 12.8. The minimum Gasteiger partial charge on any atom is -0.494 e. The van der Waals surface area contributed by atoms with Crippen molar-refractivity contribution in [1.29, 1.82) is 0 Å². The van der Waals surface area contributed by atoms with E-state index in [1.54, 1.807) is 0 Å². The van der Waals surface area contributed by atoms with Crippen LogP contribution in [-0.4, -0.2) is 24.7 Å². The van der Waals surface area contributed by atoms with E-state index in [4.69, 9.17) is 9.47 Å². The van der Waals surface area contributed by atoms with Gasteiger partial charge in [0, 0.05) is 12.3 Å². The highest BCUT2D eigenvalue weighted by molar-refractivity contribution is 5.97. The summed E-state index contributed by atoms with van der Waals surface area (Å²) in [5, 5.41) is 3.02. The van der Waals surface area contributed by atoms with E-state index in [-0.39, 0.29) is 5.91 Å². The van der Waals surface area contributed by atoms with Crippen molar-refractivity contribution in [3.63, 3.8) is 0 Å². The Morgan fingerprint density at radius 2 is 2.04 bits per heavy atom. The van der Waals surface area contributed by atoms with Crippen LogP contribution in [0.25, 0.3) is 0 Å². The van der Waals surface area contributed by atoms with Crippen molar-refractivity contribution in [3.05, 3.63) is 24.3 Å². The first-order chi connectivity index (χ1) is 11.1. The van der Waals surface area contributed by atoms with Crippen molar-refractivity contribution in [2.24, 2.45) is 5.92 Å². The average molecular weight is 319 g/mol. The van der Waals surface area contributed by atoms with Gasteiger partial charge in [0.25, 0.3) is 5.91 Å². The summed E-state index contributed by atoms with van der Waals surface area (Å²) in [6, 6.07) is 7.55. The van der Waals surface area contributed by atoms with E-state index in [1.807, 2.05) is 31.2 Å². The Bertz CT molecular complexity index is 496. The molecule has 0 aliphatic heterocycles. The molecule has 1 aliphatic carbocycles. The molecule has 1 N–H and O–H groups in total. The molecule has 2 rings (SSSR count). The molecule has 1 fully saturated rings. The summed E-state index contributed by atoms with van der Waals surface area (Å²) < 4.78 is 11.5. The molecule has 128 valence electrons. The molecule has 1 saturated carbocycles. The lowest BCUT2D eigenvalue weighted by Crippen LogP contribution is -2.48. The van der Waals surface area contributed by atoms with Gasteiger partial charge in [-0.05, 0) is 62.8 Å². The first kappa shape index (κ1) is 17.8. The fourth-order valence-corrected chi connectivity index (χ4v) is 3.28. The molecule has 1 aliphatic rings. The van der Waals surface area contributed by atoms with Crippen LogP contribution in [0.4, 0.5) is 5.69 Å². The molecular formula is C19H29NO3. The third-order valence-electron chi connectivity index (χ3n) is 4.38. The standard InChI is InChI=1S/C19H29NO3/c1-4-13-22-17-10-8-16(9-11-17)20-18(21)19(23-5-2)12-6-7-15(3)14-19/h8-11,15H,4-7,12-14H2,1-3H3,(H,20,21)/t15-,19+/m0/s1. The van der Waals surface area contributed by atoms with Crippen molar-refractivity contribution in [2.45, 2.75) is 58.5 Å². The van der Waals surface area contributed by atoms with E-state index in [0.29, 0.717) is 19.1 Å². The molecule has 1 aromatic rings. The largest absolute Gasteiger partial charge is 0.494 e. The van der Waals surface area contributed by atoms with Gasteiger partial charge in [0.1, 0.15) is 11.4 Å². The van der Waals surface area contributed by atoms with Gasteiger partial charge >= 0.3 is 0 Å². The predicted octanol–water partition coefficient (Wildman–Crippen LogP) is 4.40. The Morgan fingerprint density at radius 1 is 1.30 bits per heavy atom. The van der Waals surface area contributed by atoms with Crippen molar-refractivity contribution < 1.29 is 14.3 Å². The molecule has 0 spiro atoms. The van der Waals surface area contributed by atoms with Gasteiger partial charge in [-0.25, -0.2) is 0 Å². The Kier molecular flexibility index (Phi) is 6.46. The van der Waals surface area contributed by atoms with E-state index in [2.05, 4.69) is 19.2 Å². The fourth-order valence-electron chi connectivity index (χ4n) is 3.28. The summed E-state index contributed by atoms with van der Waals surface area (Å²) in [6.07, 6.45) is 4.79. The van der Waals surface area contributed by atoms with Gasteiger partial charge < -0.3 is 14.8 Å². The summed E-state index contributed by atoms with van der Waals surface area (Å²) in [6.45, 7) is 7.49. The van der Waals surface area contributed by atoms with Gasteiger partial charge in [0.05, 0.1) is 6.61 Å². The maximum Gasteiger partial charge on any atom is 0.256 e. The van der Waals surface area contributed by atoms with Gasteiger partial charge in [-0.2, -0.15) is 0 Å². The molecule has 1 amide bonds. The van der Waals surface area contributed by atoms with Gasteiger partial charge in [0.2, 0.25) is 0 Å². The summed E-state index contributed by atoms with van der Waals surface area (Å²) in [5.74, 6) is 1.33. The molecule has 0 unspecified atom stereocenters. The quantitative estimate of drug-likeness (QED) is 0.810. The van der Waals surface area contributed by atoms with E-state index >= 15 is 0 Å². The lowest BCUT2D eigenvalue weighted by Gasteiger charge is -2.38. The van der Waals surface area contributed by atoms with Crippen LogP contribution in [0.1, 0.15) is 52.9 Å². The normalized spacial score (nSPS) is 24.2. The van der Waals surface area contributed by atoms with Crippen LogP contribution in [0, 0.1) is 5.92 Å². The molecule has 4 nitrogen and oxygen atoms in total. The van der Waals surface area contributed by atoms with Crippen molar-refractivity contribution in [2.75, 3.05) is 18.5 Å². The van der Waals surface area contributed by atoms with Gasteiger partial charge in [-0.1, -0.05) is 20.3 Å². The van der Waals surface area contributed by atoms with Crippen LogP contribution in [0.2, 0.25) is 0 Å². The first-order valence-electron chi connectivity index (χ1n) is 8.78. The van der Waals surface area contributed by atoms with Crippen LogP contribution in [0.3, 0.4) is 0 Å². The van der Waals surface area contributed by atoms with E-state index in [9.17, 15) is 4.79 Å². The zero-order valence-corrected chi connectivity index (χ0v) is 14.6. The second kappa shape index (κ2) is 8.34. The number of hydrogen-bond acceptors (Lipinski definition) is 3. The van der Waals surface area contributed by atoms with Crippen LogP contribution < -0.4 is 10.1 Å². The van der Waals surface area contributed by atoms with E-state index in [0.717, 1.165) is 37.1 Å². The zero-order chi connectivity index (χ0) is 16.7. The molecule has 1 aromatic carbocycles. The fraction of sp³-hybridized carbons (Fsp3) is 0.632. The predicted molar refractivity (Wildman–Crippen MR) is 92.8 cm³/mol. The van der Waals surface area contributed by atoms with Crippen LogP contribution >= 0.6 is 0 Å². The molecule has 4 heteroatoms. The monoisotopic (exact) mass is 319 g/mol. The minimum absolute atomic E-state index is 0.0203. The number of amides is 1. The smallest absolute Gasteiger partial charge is 0.256 e. The Labute approximate surface area is 139 Å². The molecular weight excluding hydrogens is 290 g/mol. The summed E-state index contributed by atoms with van der Waals surface area (Å²) in [7, 11) is 0. The SMILES string of the molecule is CCCOc1ccc(NC(=O)[C@@]2(OCC)CCC[C@H](C)C2)cc1. The molecule has 2 atom stereocenters. The highest BCUT2D eigenvalue weighted by Crippen LogP contribution is 2.36. The Balaban J connectivity index is 2.03. The topological polar surface area (TPSA) is 47.6 Å². The summed E-state index contributed by atoms with van der Waals surface area (Å²) in [5.41, 5.74) is 0.111. The number of anilines is 1. The maximum atomic E-state index is 12.8. The molecule has 0 saturated heterocycles. The molecule has 0 aromatic heterocycles. The van der Waals surface area contributed by atoms with E-state index < -0.39 is 5.60 Å². The number of ether oxygens (including phenoxy) is 2. The molecule has 0 bridgehead atoms. The van der Waals surface area contributed by atoms with Crippen molar-refractivity contribution in [3.8, 4) is 5.75 Å². The van der Waals surface area contributed by atoms with E-state index in [1.165, 1.54) is 6.42 Å². The molecule has 23 heavy (non-hydrogen) atoms. The van der Waals surface area contributed by atoms with Crippen molar-refractivity contribution >= 4 is 11.6 Å². The number of nitrogens with one attached hydrogen (secondary N) is 1. The third-order valence-corrected chi connectivity index (χ3v) is 4.38. The van der Waals surface area contributed by atoms with Crippen LogP contribution in [-0.2, 0) is 9.53 Å². The second-order valence-corrected chi connectivity index (χ2v) is 6.46. The van der Waals surface area contributed by atoms with Gasteiger partial charge in [-0.3, -0.25) is 4.79 Å². The zero-order valence-electron chi connectivity index (χ0n) is 14.6. The van der Waals surface area contributed by atoms with Gasteiger partial charge in [0.15, 0.2) is 0 Å². The Hall–Kier alpha value is -1.55. The molecule has 0 radical (unpaired) electrons. The first-order valence-corrected chi connectivity index (χ1v) is 8.78. The number of hydrogen-bond donors (Lipinski definition) is 1. The highest BCUT2D eigenvalue weighted by Gasteiger charge is 2.42. The second-order valence-electron chi connectivity index (χ2n) is 6.46. The lowest BCUT2D eigenvalue weighted by atomic mass is 9.78. The Morgan fingerprint density at radius 3 is 2.65 bits per heavy atom. The van der Waals surface area contributed by atoms with Crippen LogP contribution in [0.15, 0.2) is 24.3 Å². The number of carbonyl (C=O) groups is 1. The third kappa shape index (κ3) is 4.71. The van der Waals surface area contributed by atoms with Crippen LogP contribution in [0.5, 0.6) is 5.75 Å². The minimum atomic E-state index is -0.677. The number of rotatable bonds is 7. The number of benzene rings is 1. The van der Waals surface area contributed by atoms with Crippen molar-refractivity contribution in [1.82, 2.24) is 0 Å². The number of carbonyl (C=O) groups excluding carboxylic acids is 1. The average Bonchev–Trinajstić information content (AvgIpc) is 2.54. The summed E-state index contributed by atoms with van der Waals surface area (Å²) >= 11 is 0. The van der Waals surface area contributed by atoms with Gasteiger partial charge in [-0.15, -0.1) is 0 Å². The highest BCUT2D eigenvalue weighted by atomic mass is 16.5. The summed E-state index contributed by atoms with van der Waals surface area (Å²) in [4.78, 5) is 12.8. The lowest BCUT2D eigenvalue weighted by molar-refractivity contribution is -0.147. The molecule has 0 heterocycles.